The van der Waals surface area contributed by atoms with Crippen molar-refractivity contribution in [3.8, 4) is 0 Å². The number of carbonyl (C=O) groups excluding carboxylic acids is 1. The van der Waals surface area contributed by atoms with Gasteiger partial charge in [-0.15, -0.1) is 0 Å². The van der Waals surface area contributed by atoms with Crippen LogP contribution < -0.4 is 11.1 Å². The van der Waals surface area contributed by atoms with Gasteiger partial charge in [0, 0.05) is 18.9 Å². The molecule has 106 valence electrons. The Morgan fingerprint density at radius 3 is 2.61 bits per heavy atom. The van der Waals surface area contributed by atoms with Gasteiger partial charge in [-0.1, -0.05) is 19.3 Å². The van der Waals surface area contributed by atoms with Crippen LogP contribution in [-0.4, -0.2) is 36.2 Å². The molecular formula is C12H25N2O3P. The van der Waals surface area contributed by atoms with Crippen LogP contribution in [0.1, 0.15) is 38.5 Å². The molecule has 1 rings (SSSR count). The number of nitrogens with one attached hydrogen (secondary N) is 1. The highest BCUT2D eigenvalue weighted by Crippen LogP contribution is 2.45. The quantitative estimate of drug-likeness (QED) is 0.483. The molecule has 5 nitrogen and oxygen atoms in total. The van der Waals surface area contributed by atoms with Crippen molar-refractivity contribution in [1.29, 1.82) is 0 Å². The second kappa shape index (κ2) is 7.93. The van der Waals surface area contributed by atoms with Gasteiger partial charge in [0.05, 0.1) is 6.54 Å². The van der Waals surface area contributed by atoms with Crippen LogP contribution in [0.25, 0.3) is 0 Å². The topological polar surface area (TPSA) is 92.4 Å². The van der Waals surface area contributed by atoms with Crippen molar-refractivity contribution in [2.75, 3.05) is 25.4 Å². The van der Waals surface area contributed by atoms with Crippen molar-refractivity contribution < 1.29 is 14.3 Å². The Kier molecular flexibility index (Phi) is 6.90. The molecule has 0 saturated heterocycles. The lowest BCUT2D eigenvalue weighted by molar-refractivity contribution is -0.119. The van der Waals surface area contributed by atoms with E-state index < -0.39 is 7.37 Å². The van der Waals surface area contributed by atoms with Gasteiger partial charge < -0.3 is 15.9 Å². The molecule has 0 heterocycles. The molecule has 1 amide bonds. The van der Waals surface area contributed by atoms with E-state index in [2.05, 4.69) is 5.32 Å². The summed E-state index contributed by atoms with van der Waals surface area (Å²) >= 11 is 0. The van der Waals surface area contributed by atoms with Gasteiger partial charge in [0.2, 0.25) is 13.3 Å². The molecule has 0 bridgehead atoms. The summed E-state index contributed by atoms with van der Waals surface area (Å²) in [6.45, 7) is 0.407. The molecule has 1 aliphatic rings. The van der Waals surface area contributed by atoms with Crippen molar-refractivity contribution in [3.63, 3.8) is 0 Å². The van der Waals surface area contributed by atoms with Gasteiger partial charge >= 0.3 is 0 Å². The highest BCUT2D eigenvalue weighted by Gasteiger charge is 2.24. The molecule has 6 heteroatoms. The second-order valence-electron chi connectivity index (χ2n) is 5.16. The van der Waals surface area contributed by atoms with E-state index >= 15 is 0 Å². The highest BCUT2D eigenvalue weighted by atomic mass is 31.2. The molecule has 1 saturated carbocycles. The molecule has 0 aromatic rings. The van der Waals surface area contributed by atoms with Crippen LogP contribution in [0.2, 0.25) is 0 Å². The van der Waals surface area contributed by atoms with Crippen LogP contribution in [0.4, 0.5) is 0 Å². The van der Waals surface area contributed by atoms with Crippen LogP contribution in [-0.2, 0) is 9.36 Å². The largest absolute Gasteiger partial charge is 0.355 e. The van der Waals surface area contributed by atoms with Gasteiger partial charge in [-0.25, -0.2) is 0 Å². The maximum atomic E-state index is 12.0. The van der Waals surface area contributed by atoms with Gasteiger partial charge in [-0.05, 0) is 25.2 Å². The predicted octanol–water partition coefficient (Wildman–Crippen LogP) is 1.30. The van der Waals surface area contributed by atoms with Gasteiger partial charge in [-0.3, -0.25) is 9.36 Å². The average molecular weight is 276 g/mol. The molecule has 0 radical (unpaired) electrons. The summed E-state index contributed by atoms with van der Waals surface area (Å²) in [4.78, 5) is 20.8. The summed E-state index contributed by atoms with van der Waals surface area (Å²) in [6, 6.07) is 0. The first-order valence-corrected chi connectivity index (χ1v) is 8.84. The Hall–Kier alpha value is -0.380. The summed E-state index contributed by atoms with van der Waals surface area (Å²) in [5.74, 6) is 0.211. The lowest BCUT2D eigenvalue weighted by Gasteiger charge is -2.24. The van der Waals surface area contributed by atoms with Crippen LogP contribution in [0.3, 0.4) is 0 Å². The zero-order valence-electron chi connectivity index (χ0n) is 10.9. The summed E-state index contributed by atoms with van der Waals surface area (Å²) < 4.78 is 12.0. The fraction of sp³-hybridized carbons (Fsp3) is 0.917. The van der Waals surface area contributed by atoms with Crippen LogP contribution in [0, 0.1) is 5.92 Å². The third kappa shape index (κ3) is 6.53. The van der Waals surface area contributed by atoms with E-state index in [0.717, 1.165) is 12.8 Å². The minimum Gasteiger partial charge on any atom is -0.355 e. The van der Waals surface area contributed by atoms with Crippen LogP contribution in [0.5, 0.6) is 0 Å². The lowest BCUT2D eigenvalue weighted by Crippen LogP contribution is -2.31. The Balaban J connectivity index is 2.18. The van der Waals surface area contributed by atoms with Crippen molar-refractivity contribution in [3.05, 3.63) is 0 Å². The van der Waals surface area contributed by atoms with E-state index in [4.69, 9.17) is 5.73 Å². The second-order valence-corrected chi connectivity index (χ2v) is 7.67. The van der Waals surface area contributed by atoms with E-state index in [9.17, 15) is 14.3 Å². The lowest BCUT2D eigenvalue weighted by atomic mass is 9.91. The van der Waals surface area contributed by atoms with Crippen molar-refractivity contribution in [2.45, 2.75) is 38.5 Å². The zero-order chi connectivity index (χ0) is 13.4. The standard InChI is InChI=1S/C12H25N2O3P/c13-9-12(15)14-7-4-8-18(16,17)10-11-5-2-1-3-6-11/h11H,1-10,13H2,(H,14,15)(H,16,17). The van der Waals surface area contributed by atoms with Crippen molar-refractivity contribution in [1.82, 2.24) is 5.32 Å². The van der Waals surface area contributed by atoms with Gasteiger partial charge in [0.15, 0.2) is 0 Å². The smallest absolute Gasteiger partial charge is 0.233 e. The monoisotopic (exact) mass is 276 g/mol. The van der Waals surface area contributed by atoms with Gasteiger partial charge in [-0.2, -0.15) is 0 Å². The van der Waals surface area contributed by atoms with E-state index in [0.29, 0.717) is 31.2 Å². The SMILES string of the molecule is NCC(=O)NCCCP(=O)(O)CC1CCCCC1. The first kappa shape index (κ1) is 15.7. The molecule has 1 fully saturated rings. The van der Waals surface area contributed by atoms with Crippen molar-refractivity contribution >= 4 is 13.3 Å². The molecule has 18 heavy (non-hydrogen) atoms. The molecule has 4 N–H and O–H groups in total. The van der Waals surface area contributed by atoms with E-state index in [1.807, 2.05) is 0 Å². The number of carbonyl (C=O) groups is 1. The van der Waals surface area contributed by atoms with Crippen LogP contribution in [0.15, 0.2) is 0 Å². The van der Waals surface area contributed by atoms with E-state index in [-0.39, 0.29) is 12.5 Å². The molecule has 0 aliphatic heterocycles. The van der Waals surface area contributed by atoms with Gasteiger partial charge in [0.25, 0.3) is 0 Å². The molecule has 0 spiro atoms. The summed E-state index contributed by atoms with van der Waals surface area (Å²) in [5, 5.41) is 2.61. The molecule has 0 aromatic heterocycles. The first-order chi connectivity index (χ1) is 8.53. The maximum absolute atomic E-state index is 12.0. The molecule has 0 aromatic carbocycles. The minimum absolute atomic E-state index is 0.0289. The number of hydrogen-bond acceptors (Lipinski definition) is 3. The molecule has 1 atom stereocenters. The summed E-state index contributed by atoms with van der Waals surface area (Å²) in [6.07, 6.45) is 7.13. The number of rotatable bonds is 7. The maximum Gasteiger partial charge on any atom is 0.233 e. The number of hydrogen-bond donors (Lipinski definition) is 3. The van der Waals surface area contributed by atoms with E-state index in [1.54, 1.807) is 0 Å². The Bertz CT molecular complexity index is 304. The third-order valence-electron chi connectivity index (χ3n) is 3.46. The molecule has 1 unspecified atom stereocenters. The Morgan fingerprint density at radius 2 is 2.00 bits per heavy atom. The predicted molar refractivity (Wildman–Crippen MR) is 72.8 cm³/mol. The molecule has 1 aliphatic carbocycles. The Labute approximate surface area is 109 Å². The van der Waals surface area contributed by atoms with Crippen LogP contribution >= 0.6 is 7.37 Å². The number of nitrogens with two attached hydrogens (primary N) is 1. The number of amides is 1. The van der Waals surface area contributed by atoms with Crippen molar-refractivity contribution in [2.24, 2.45) is 11.7 Å². The zero-order valence-corrected chi connectivity index (χ0v) is 11.8. The third-order valence-corrected chi connectivity index (χ3v) is 5.56. The summed E-state index contributed by atoms with van der Waals surface area (Å²) in [5.41, 5.74) is 5.15. The highest BCUT2D eigenvalue weighted by molar-refractivity contribution is 7.57. The summed E-state index contributed by atoms with van der Waals surface area (Å²) in [7, 11) is -3.01. The average Bonchev–Trinajstić information content (AvgIpc) is 2.35. The minimum atomic E-state index is -3.01. The Morgan fingerprint density at radius 1 is 1.33 bits per heavy atom. The van der Waals surface area contributed by atoms with Gasteiger partial charge in [0.1, 0.15) is 0 Å². The fourth-order valence-corrected chi connectivity index (χ4v) is 4.50. The normalized spacial score (nSPS) is 20.3. The molecular weight excluding hydrogens is 251 g/mol. The first-order valence-electron chi connectivity index (χ1n) is 6.81. The van der Waals surface area contributed by atoms with E-state index in [1.165, 1.54) is 19.3 Å². The fourth-order valence-electron chi connectivity index (χ4n) is 2.49.